The number of aryl methyl sites for hydroxylation is 2. The Hall–Kier alpha value is -2.63. The summed E-state index contributed by atoms with van der Waals surface area (Å²) >= 11 is 12.9. The number of thiophene rings is 7. The fraction of sp³-hybridized carbons (Fsp3) is 0.370. The van der Waals surface area contributed by atoms with Crippen molar-refractivity contribution >= 4 is 85.3 Å². The molecule has 0 atom stereocenters. The molecule has 288 valence electrons. The summed E-state index contributed by atoms with van der Waals surface area (Å²) in [7, 11) is 0. The second-order valence-corrected chi connectivity index (χ2v) is 21.5. The smallest absolute Gasteiger partial charge is 0.307 e. The van der Waals surface area contributed by atoms with E-state index in [2.05, 4.69) is 91.3 Å². The van der Waals surface area contributed by atoms with Crippen LogP contribution in [0.2, 0.25) is 0 Å². The molecule has 0 bridgehead atoms. The van der Waals surface area contributed by atoms with Crippen molar-refractivity contribution in [2.75, 3.05) is 0 Å². The van der Waals surface area contributed by atoms with Crippen LogP contribution in [0.5, 0.6) is 0 Å². The molecule has 0 amide bonds. The van der Waals surface area contributed by atoms with Gasteiger partial charge in [0.2, 0.25) is 0 Å². The van der Waals surface area contributed by atoms with E-state index < -0.39 is 5.97 Å². The third-order valence-electron chi connectivity index (χ3n) is 10.0. The van der Waals surface area contributed by atoms with Gasteiger partial charge in [-0.05, 0) is 108 Å². The number of rotatable bonds is 22. The first-order valence-electron chi connectivity index (χ1n) is 19.9. The molecule has 0 aliphatic carbocycles. The monoisotopic (exact) mass is 858 g/mol. The summed E-state index contributed by atoms with van der Waals surface area (Å²) in [6.45, 7) is 4.55. The minimum absolute atomic E-state index is 0.0330. The SMILES string of the molecule is CCCCCCCCc1cc(-c2cc(CC(=O)O)c(-c3cc(CCCCCCCC)c(-c4ccc(-c5cccs5)s4)s3)s2)sc1-c1ccc(-c2cccs2)s1. The standard InChI is InChI=1S/C46H50O2S7/c1-3-5-7-9-11-13-17-31-27-40(53-44(31)38-23-21-36(51-38)34-19-15-25-49-34)41-29-33(30-43(47)48)46(54-41)42-28-32(18-14-12-10-8-6-4-2)45(55-42)39-24-22-37(52-39)35-20-16-26-50-35/h15-16,19-29H,3-14,17-18,30H2,1-2H3,(H,47,48). The normalized spacial score (nSPS) is 11.6. The van der Waals surface area contributed by atoms with Crippen LogP contribution in [0.15, 0.2) is 77.5 Å². The molecule has 9 heteroatoms. The number of hydrogen-bond acceptors (Lipinski definition) is 8. The molecule has 55 heavy (non-hydrogen) atoms. The lowest BCUT2D eigenvalue weighted by atomic mass is 10.0. The second-order valence-electron chi connectivity index (χ2n) is 14.3. The van der Waals surface area contributed by atoms with Gasteiger partial charge in [-0.25, -0.2) is 0 Å². The van der Waals surface area contributed by atoms with Gasteiger partial charge in [0.05, 0.1) is 6.42 Å². The second kappa shape index (κ2) is 20.2. The molecular formula is C46H50O2S7. The molecule has 0 saturated carbocycles. The number of aliphatic carboxylic acids is 1. The maximum Gasteiger partial charge on any atom is 0.307 e. The molecule has 7 aromatic heterocycles. The minimum Gasteiger partial charge on any atom is -0.481 e. The van der Waals surface area contributed by atoms with Crippen LogP contribution in [0.25, 0.3) is 58.5 Å². The molecule has 0 radical (unpaired) electrons. The van der Waals surface area contributed by atoms with Gasteiger partial charge < -0.3 is 5.11 Å². The highest BCUT2D eigenvalue weighted by atomic mass is 32.1. The molecule has 0 aliphatic heterocycles. The van der Waals surface area contributed by atoms with Crippen molar-refractivity contribution in [2.24, 2.45) is 0 Å². The van der Waals surface area contributed by atoms with Gasteiger partial charge in [0, 0.05) is 58.5 Å². The largest absolute Gasteiger partial charge is 0.481 e. The Balaban J connectivity index is 1.22. The van der Waals surface area contributed by atoms with E-state index in [0.29, 0.717) is 0 Å². The molecule has 7 heterocycles. The minimum atomic E-state index is -0.774. The fourth-order valence-electron chi connectivity index (χ4n) is 7.15. The predicted octanol–water partition coefficient (Wildman–Crippen LogP) is 17.6. The number of hydrogen-bond donors (Lipinski definition) is 1. The first kappa shape index (κ1) is 40.6. The van der Waals surface area contributed by atoms with Gasteiger partial charge in [0.1, 0.15) is 0 Å². The fourth-order valence-corrected chi connectivity index (χ4v) is 14.9. The molecule has 0 spiro atoms. The van der Waals surface area contributed by atoms with Crippen LogP contribution >= 0.6 is 79.4 Å². The Kier molecular flexibility index (Phi) is 14.9. The van der Waals surface area contributed by atoms with Crippen molar-refractivity contribution in [3.05, 3.63) is 94.2 Å². The molecule has 0 saturated heterocycles. The lowest BCUT2D eigenvalue weighted by molar-refractivity contribution is -0.136. The van der Waals surface area contributed by atoms with Crippen molar-refractivity contribution in [1.82, 2.24) is 0 Å². The zero-order valence-electron chi connectivity index (χ0n) is 31.8. The molecule has 2 nitrogen and oxygen atoms in total. The highest BCUT2D eigenvalue weighted by Gasteiger charge is 2.23. The van der Waals surface area contributed by atoms with E-state index in [-0.39, 0.29) is 6.42 Å². The number of carboxylic acid groups (broad SMARTS) is 1. The van der Waals surface area contributed by atoms with E-state index in [4.69, 9.17) is 0 Å². The van der Waals surface area contributed by atoms with Crippen molar-refractivity contribution in [1.29, 1.82) is 0 Å². The molecule has 0 aliphatic rings. The third-order valence-corrected chi connectivity index (χ3v) is 18.6. The predicted molar refractivity (Wildman–Crippen MR) is 250 cm³/mol. The van der Waals surface area contributed by atoms with Gasteiger partial charge in [0.25, 0.3) is 0 Å². The summed E-state index contributed by atoms with van der Waals surface area (Å²) in [5, 5.41) is 14.4. The zero-order valence-corrected chi connectivity index (χ0v) is 37.5. The average molecular weight is 859 g/mol. The molecule has 0 aromatic carbocycles. The molecule has 7 rings (SSSR count). The quantitative estimate of drug-likeness (QED) is 0.0690. The van der Waals surface area contributed by atoms with Crippen molar-refractivity contribution in [3.8, 4) is 58.5 Å². The molecule has 7 aromatic rings. The Bertz CT molecular complexity index is 2220. The van der Waals surface area contributed by atoms with Crippen molar-refractivity contribution in [2.45, 2.75) is 110 Å². The summed E-state index contributed by atoms with van der Waals surface area (Å²) in [6, 6.07) is 24.9. The Labute approximate surface area is 355 Å². The first-order valence-corrected chi connectivity index (χ1v) is 25.7. The van der Waals surface area contributed by atoms with Gasteiger partial charge in [-0.2, -0.15) is 0 Å². The van der Waals surface area contributed by atoms with Crippen LogP contribution in [-0.4, -0.2) is 11.1 Å². The van der Waals surface area contributed by atoms with Crippen molar-refractivity contribution in [3.63, 3.8) is 0 Å². The summed E-state index contributed by atoms with van der Waals surface area (Å²) < 4.78 is 0. The number of unbranched alkanes of at least 4 members (excludes halogenated alkanes) is 10. The summed E-state index contributed by atoms with van der Waals surface area (Å²) in [6.07, 6.45) is 17.5. The summed E-state index contributed by atoms with van der Waals surface area (Å²) in [5.41, 5.74) is 3.77. The molecule has 0 fully saturated rings. The van der Waals surface area contributed by atoms with E-state index in [1.807, 2.05) is 45.3 Å². The molecular weight excluding hydrogens is 809 g/mol. The maximum atomic E-state index is 12.3. The van der Waals surface area contributed by atoms with Crippen molar-refractivity contribution < 1.29 is 9.90 Å². The van der Waals surface area contributed by atoms with E-state index in [9.17, 15) is 9.90 Å². The molecule has 0 unspecified atom stereocenters. The van der Waals surface area contributed by atoms with Gasteiger partial charge >= 0.3 is 5.97 Å². The Morgan fingerprint density at radius 1 is 0.455 bits per heavy atom. The lowest BCUT2D eigenvalue weighted by Gasteiger charge is -2.03. The van der Waals surface area contributed by atoms with Gasteiger partial charge in [-0.15, -0.1) is 79.4 Å². The van der Waals surface area contributed by atoms with Crippen LogP contribution < -0.4 is 0 Å². The van der Waals surface area contributed by atoms with E-state index in [1.165, 1.54) is 142 Å². The van der Waals surface area contributed by atoms with Crippen LogP contribution in [0, 0.1) is 0 Å². The zero-order chi connectivity index (χ0) is 38.0. The van der Waals surface area contributed by atoms with Gasteiger partial charge in [-0.3, -0.25) is 4.79 Å². The Morgan fingerprint density at radius 2 is 0.873 bits per heavy atom. The third kappa shape index (κ3) is 10.5. The topological polar surface area (TPSA) is 37.3 Å². The van der Waals surface area contributed by atoms with E-state index >= 15 is 0 Å². The van der Waals surface area contributed by atoms with E-state index in [1.54, 1.807) is 34.0 Å². The highest BCUT2D eigenvalue weighted by Crippen LogP contribution is 2.50. The lowest BCUT2D eigenvalue weighted by Crippen LogP contribution is -1.99. The summed E-state index contributed by atoms with van der Waals surface area (Å²) in [5.74, 6) is -0.774. The van der Waals surface area contributed by atoms with Gasteiger partial charge in [-0.1, -0.05) is 90.2 Å². The van der Waals surface area contributed by atoms with E-state index in [0.717, 1.165) is 23.3 Å². The molecule has 1 N–H and O–H groups in total. The number of carboxylic acids is 1. The average Bonchev–Trinajstić information content (AvgIpc) is 4.03. The van der Waals surface area contributed by atoms with Gasteiger partial charge in [0.15, 0.2) is 0 Å². The summed E-state index contributed by atoms with van der Waals surface area (Å²) in [4.78, 5) is 27.8. The maximum absolute atomic E-state index is 12.3. The van der Waals surface area contributed by atoms with Crippen LogP contribution in [0.3, 0.4) is 0 Å². The van der Waals surface area contributed by atoms with Crippen LogP contribution in [0.1, 0.15) is 108 Å². The number of carbonyl (C=O) groups is 1. The van der Waals surface area contributed by atoms with Crippen LogP contribution in [0.4, 0.5) is 0 Å². The first-order chi connectivity index (χ1) is 27.0. The van der Waals surface area contributed by atoms with Crippen LogP contribution in [-0.2, 0) is 24.1 Å². The Morgan fingerprint density at radius 3 is 1.35 bits per heavy atom. The highest BCUT2D eigenvalue weighted by molar-refractivity contribution is 7.31.